The zero-order valence-corrected chi connectivity index (χ0v) is 18.7. The van der Waals surface area contributed by atoms with Gasteiger partial charge in [-0.2, -0.15) is 21.7 Å². The van der Waals surface area contributed by atoms with Crippen molar-refractivity contribution in [2.75, 3.05) is 64.1 Å². The number of rotatable bonds is 5. The number of nitrogens with zero attached hydrogens (tertiary/aromatic N) is 7. The number of tetrazole rings is 1. The molecule has 0 saturated carbocycles. The van der Waals surface area contributed by atoms with Crippen LogP contribution in [-0.4, -0.2) is 107 Å². The van der Waals surface area contributed by atoms with Gasteiger partial charge in [0, 0.05) is 45.0 Å². The van der Waals surface area contributed by atoms with Crippen molar-refractivity contribution in [3.8, 4) is 5.69 Å². The maximum Gasteiger partial charge on any atom is 0.321 e. The molecule has 0 radical (unpaired) electrons. The molecule has 0 spiro atoms. The Balaban J connectivity index is 1.36. The minimum atomic E-state index is -3.53. The highest BCUT2D eigenvalue weighted by molar-refractivity contribution is 7.98. The molecule has 12 nitrogen and oxygen atoms in total. The quantitative estimate of drug-likeness (QED) is 0.613. The number of thioether (sulfide) groups is 1. The minimum Gasteiger partial charge on any atom is -0.379 e. The highest BCUT2D eigenvalue weighted by atomic mass is 32.2. The van der Waals surface area contributed by atoms with Crippen molar-refractivity contribution < 1.29 is 17.9 Å². The van der Waals surface area contributed by atoms with Crippen LogP contribution in [0.5, 0.6) is 0 Å². The van der Waals surface area contributed by atoms with E-state index in [1.54, 1.807) is 21.7 Å². The molecular formula is C17H24N8O4S2. The third kappa shape index (κ3) is 4.82. The predicted octanol–water partition coefficient (Wildman–Crippen LogP) is 0.111. The Morgan fingerprint density at radius 2 is 1.81 bits per heavy atom. The molecule has 2 aromatic rings. The number of morpholine rings is 1. The Morgan fingerprint density at radius 1 is 1.10 bits per heavy atom. The van der Waals surface area contributed by atoms with E-state index >= 15 is 0 Å². The van der Waals surface area contributed by atoms with Gasteiger partial charge in [-0.15, -0.1) is 5.10 Å². The van der Waals surface area contributed by atoms with Crippen molar-refractivity contribution in [3.63, 3.8) is 0 Å². The first-order valence-electron chi connectivity index (χ1n) is 9.81. The number of urea groups is 1. The summed E-state index contributed by atoms with van der Waals surface area (Å²) >= 11 is 1.42. The van der Waals surface area contributed by atoms with Gasteiger partial charge >= 0.3 is 6.03 Å². The van der Waals surface area contributed by atoms with Crippen LogP contribution < -0.4 is 5.32 Å². The zero-order valence-electron chi connectivity index (χ0n) is 17.0. The standard InChI is InChI=1S/C17H24N8O4S2/c1-30-17-19-20-21-25(17)15-4-2-3-14(13-15)18-16(26)22-5-7-23(8-6-22)31(27,28)24-9-11-29-12-10-24/h2-4,13H,5-12H2,1H3,(H,18,26). The van der Waals surface area contributed by atoms with E-state index in [1.807, 2.05) is 18.4 Å². The highest BCUT2D eigenvalue weighted by Crippen LogP contribution is 2.20. The summed E-state index contributed by atoms with van der Waals surface area (Å²) in [6.07, 6.45) is 1.88. The first kappa shape index (κ1) is 22.0. The van der Waals surface area contributed by atoms with E-state index in [9.17, 15) is 13.2 Å². The molecule has 168 valence electrons. The number of nitrogens with one attached hydrogen (secondary N) is 1. The second-order valence-electron chi connectivity index (χ2n) is 6.96. The van der Waals surface area contributed by atoms with Gasteiger partial charge in [-0.1, -0.05) is 17.8 Å². The summed E-state index contributed by atoms with van der Waals surface area (Å²) in [4.78, 5) is 14.3. The molecule has 0 bridgehead atoms. The Bertz CT molecular complexity index is 1020. The molecule has 2 amide bonds. The molecule has 1 aromatic carbocycles. The lowest BCUT2D eigenvalue weighted by molar-refractivity contribution is 0.0691. The van der Waals surface area contributed by atoms with Gasteiger partial charge in [0.15, 0.2) is 0 Å². The maximum atomic E-state index is 12.8. The summed E-state index contributed by atoms with van der Waals surface area (Å²) in [7, 11) is -3.53. The molecule has 0 atom stereocenters. The van der Waals surface area contributed by atoms with Crippen molar-refractivity contribution in [1.82, 2.24) is 33.7 Å². The van der Waals surface area contributed by atoms with Crippen molar-refractivity contribution in [1.29, 1.82) is 0 Å². The smallest absolute Gasteiger partial charge is 0.321 e. The number of hydrogen-bond donors (Lipinski definition) is 1. The predicted molar refractivity (Wildman–Crippen MR) is 114 cm³/mol. The molecule has 3 heterocycles. The third-order valence-electron chi connectivity index (χ3n) is 5.11. The summed E-state index contributed by atoms with van der Waals surface area (Å²) in [5, 5.41) is 15.1. The number of piperazine rings is 1. The Kier molecular flexibility index (Phi) is 6.71. The molecule has 31 heavy (non-hydrogen) atoms. The van der Waals surface area contributed by atoms with Crippen molar-refractivity contribution in [2.24, 2.45) is 0 Å². The van der Waals surface area contributed by atoms with Gasteiger partial charge < -0.3 is 15.0 Å². The minimum absolute atomic E-state index is 0.259. The second kappa shape index (κ2) is 9.48. The lowest BCUT2D eigenvalue weighted by atomic mass is 10.3. The summed E-state index contributed by atoms with van der Waals surface area (Å²) in [6.45, 7) is 2.69. The number of hydrogen-bond acceptors (Lipinski definition) is 8. The number of anilines is 1. The Morgan fingerprint density at radius 3 is 2.52 bits per heavy atom. The number of aromatic nitrogens is 4. The van der Waals surface area contributed by atoms with Crippen molar-refractivity contribution >= 4 is 33.7 Å². The van der Waals surface area contributed by atoms with Crippen LogP contribution in [-0.2, 0) is 14.9 Å². The van der Waals surface area contributed by atoms with E-state index in [-0.39, 0.29) is 19.1 Å². The van der Waals surface area contributed by atoms with Crippen LogP contribution in [0.15, 0.2) is 29.4 Å². The van der Waals surface area contributed by atoms with Crippen molar-refractivity contribution in [3.05, 3.63) is 24.3 Å². The van der Waals surface area contributed by atoms with Gasteiger partial charge in [0.1, 0.15) is 0 Å². The molecule has 0 aliphatic carbocycles. The molecule has 1 N–H and O–H groups in total. The lowest BCUT2D eigenvalue weighted by Gasteiger charge is -2.37. The van der Waals surface area contributed by atoms with Crippen molar-refractivity contribution in [2.45, 2.75) is 5.16 Å². The number of carbonyl (C=O) groups is 1. The molecule has 4 rings (SSSR count). The molecule has 14 heteroatoms. The molecule has 2 aliphatic rings. The number of amides is 2. The van der Waals surface area contributed by atoms with Gasteiger partial charge in [0.2, 0.25) is 5.16 Å². The Hall–Kier alpha value is -2.26. The molecule has 2 saturated heterocycles. The topological polar surface area (TPSA) is 126 Å². The summed E-state index contributed by atoms with van der Waals surface area (Å²) in [5.41, 5.74) is 1.34. The van der Waals surface area contributed by atoms with Crippen LogP contribution in [0, 0.1) is 0 Å². The fourth-order valence-electron chi connectivity index (χ4n) is 3.45. The molecule has 1 aromatic heterocycles. The van der Waals surface area contributed by atoms with Crippen LogP contribution in [0.2, 0.25) is 0 Å². The van der Waals surface area contributed by atoms with Crippen LogP contribution in [0.4, 0.5) is 10.5 Å². The summed E-state index contributed by atoms with van der Waals surface area (Å²) < 4.78 is 35.2. The fraction of sp³-hybridized carbons (Fsp3) is 0.529. The second-order valence-corrected chi connectivity index (χ2v) is 9.67. The molecule has 2 fully saturated rings. The summed E-state index contributed by atoms with van der Waals surface area (Å²) in [5.74, 6) is 0. The van der Waals surface area contributed by atoms with Crippen LogP contribution in [0.25, 0.3) is 5.69 Å². The van der Waals surface area contributed by atoms with Gasteiger partial charge in [-0.05, 0) is 34.9 Å². The third-order valence-corrected chi connectivity index (χ3v) is 7.77. The first-order chi connectivity index (χ1) is 15.0. The van der Waals surface area contributed by atoms with E-state index in [2.05, 4.69) is 20.8 Å². The number of benzene rings is 1. The van der Waals surface area contributed by atoms with Crippen LogP contribution in [0.3, 0.4) is 0 Å². The average Bonchev–Trinajstić information content (AvgIpc) is 3.29. The molecule has 2 aliphatic heterocycles. The van der Waals surface area contributed by atoms with E-state index in [1.165, 1.54) is 20.4 Å². The number of carbonyl (C=O) groups excluding carboxylic acids is 1. The highest BCUT2D eigenvalue weighted by Gasteiger charge is 2.34. The monoisotopic (exact) mass is 468 g/mol. The number of ether oxygens (including phenoxy) is 1. The van der Waals surface area contributed by atoms with Gasteiger partial charge in [0.05, 0.1) is 18.9 Å². The van der Waals surface area contributed by atoms with E-state index in [0.29, 0.717) is 50.2 Å². The lowest BCUT2D eigenvalue weighted by Crippen LogP contribution is -2.56. The average molecular weight is 469 g/mol. The molecular weight excluding hydrogens is 444 g/mol. The molecule has 0 unspecified atom stereocenters. The largest absolute Gasteiger partial charge is 0.379 e. The van der Waals surface area contributed by atoms with Gasteiger partial charge in [0.25, 0.3) is 10.2 Å². The SMILES string of the molecule is CSc1nnnn1-c1cccc(NC(=O)N2CCN(S(=O)(=O)N3CCOCC3)CC2)c1. The van der Waals surface area contributed by atoms with Crippen LogP contribution in [0.1, 0.15) is 0 Å². The van der Waals surface area contributed by atoms with Gasteiger partial charge in [-0.25, -0.2) is 4.79 Å². The first-order valence-corrected chi connectivity index (χ1v) is 12.4. The fourth-order valence-corrected chi connectivity index (χ4v) is 5.44. The Labute approximate surface area is 184 Å². The summed E-state index contributed by atoms with van der Waals surface area (Å²) in [6, 6.07) is 6.95. The van der Waals surface area contributed by atoms with E-state index in [0.717, 1.165) is 5.69 Å². The maximum absolute atomic E-state index is 12.8. The normalized spacial score (nSPS) is 18.8. The van der Waals surface area contributed by atoms with E-state index in [4.69, 9.17) is 4.74 Å². The van der Waals surface area contributed by atoms with Crippen LogP contribution >= 0.6 is 11.8 Å². The zero-order chi connectivity index (χ0) is 21.8. The van der Waals surface area contributed by atoms with Gasteiger partial charge in [-0.3, -0.25) is 0 Å². The van der Waals surface area contributed by atoms with E-state index < -0.39 is 10.2 Å².